The van der Waals surface area contributed by atoms with Crippen LogP contribution in [0.4, 0.5) is 0 Å². The Morgan fingerprint density at radius 1 is 1.00 bits per heavy atom. The highest BCUT2D eigenvalue weighted by Crippen LogP contribution is 2.41. The molecule has 1 unspecified atom stereocenters. The van der Waals surface area contributed by atoms with Crippen molar-refractivity contribution in [3.63, 3.8) is 0 Å². The van der Waals surface area contributed by atoms with Gasteiger partial charge in [0.15, 0.2) is 0 Å². The average Bonchev–Trinajstić information content (AvgIpc) is 1.99. The van der Waals surface area contributed by atoms with Crippen molar-refractivity contribution in [2.45, 2.75) is 9.90 Å². The first-order valence-electron chi connectivity index (χ1n) is 3.58. The second-order valence-corrected chi connectivity index (χ2v) is 5.10. The van der Waals surface area contributed by atoms with Crippen molar-refractivity contribution in [1.82, 2.24) is 0 Å². The van der Waals surface area contributed by atoms with Crippen molar-refractivity contribution in [2.75, 3.05) is 0 Å². The smallest absolute Gasteiger partial charge is 0.220 e. The predicted octanol–water partition coefficient (Wildman–Crippen LogP) is 2.50. The van der Waals surface area contributed by atoms with E-state index in [1.807, 2.05) is 0 Å². The molecule has 3 nitrogen and oxygen atoms in total. The van der Waals surface area contributed by atoms with Crippen LogP contribution in [0.15, 0.2) is 18.2 Å². The number of hydrogen-bond acceptors (Lipinski definition) is 3. The zero-order chi connectivity index (χ0) is 10.9. The van der Waals surface area contributed by atoms with Crippen LogP contribution in [0.25, 0.3) is 0 Å². The molecule has 0 spiro atoms. The number of rotatable bonds is 1. The monoisotopic (exact) mass is 256 g/mol. The van der Waals surface area contributed by atoms with E-state index in [0.717, 1.165) is 6.07 Å². The van der Waals surface area contributed by atoms with Crippen LogP contribution in [-0.4, -0.2) is 19.1 Å². The summed E-state index contributed by atoms with van der Waals surface area (Å²) in [7, 11) is 0. The molecule has 78 valence electrons. The molecular formula is C8H7Cl3O3. The number of phenols is 2. The van der Waals surface area contributed by atoms with Crippen molar-refractivity contribution in [2.24, 2.45) is 0 Å². The fraction of sp³-hybridized carbons (Fsp3) is 0.250. The minimum absolute atomic E-state index is 0.127. The first-order valence-corrected chi connectivity index (χ1v) is 4.72. The highest BCUT2D eigenvalue weighted by molar-refractivity contribution is 6.68. The molecule has 3 N–H and O–H groups in total. The molecule has 0 saturated carbocycles. The lowest BCUT2D eigenvalue weighted by Crippen LogP contribution is -2.16. The topological polar surface area (TPSA) is 60.7 Å². The molecule has 0 aliphatic carbocycles. The van der Waals surface area contributed by atoms with E-state index in [0.29, 0.717) is 0 Å². The summed E-state index contributed by atoms with van der Waals surface area (Å²) in [5, 5.41) is 27.7. The third-order valence-electron chi connectivity index (χ3n) is 1.55. The van der Waals surface area contributed by atoms with Crippen LogP contribution in [-0.2, 0) is 0 Å². The first kappa shape index (κ1) is 11.7. The molecule has 1 atom stereocenters. The zero-order valence-electron chi connectivity index (χ0n) is 6.78. The minimum Gasteiger partial charge on any atom is -0.508 e. The van der Waals surface area contributed by atoms with E-state index in [1.54, 1.807) is 0 Å². The molecule has 1 aromatic carbocycles. The number of aliphatic hydroxyl groups is 1. The van der Waals surface area contributed by atoms with E-state index in [9.17, 15) is 5.11 Å². The molecule has 0 radical (unpaired) electrons. The van der Waals surface area contributed by atoms with Gasteiger partial charge < -0.3 is 15.3 Å². The van der Waals surface area contributed by atoms with Crippen molar-refractivity contribution >= 4 is 34.8 Å². The fourth-order valence-corrected chi connectivity index (χ4v) is 1.34. The van der Waals surface area contributed by atoms with Crippen LogP contribution in [0, 0.1) is 0 Å². The van der Waals surface area contributed by atoms with Gasteiger partial charge in [0.2, 0.25) is 3.79 Å². The molecule has 14 heavy (non-hydrogen) atoms. The lowest BCUT2D eigenvalue weighted by Gasteiger charge is -2.19. The van der Waals surface area contributed by atoms with Gasteiger partial charge in [0.05, 0.1) is 0 Å². The third-order valence-corrected chi connectivity index (χ3v) is 2.17. The van der Waals surface area contributed by atoms with Gasteiger partial charge in [-0.3, -0.25) is 0 Å². The summed E-state index contributed by atoms with van der Waals surface area (Å²) in [4.78, 5) is 0. The molecule has 0 saturated heterocycles. The summed E-state index contributed by atoms with van der Waals surface area (Å²) >= 11 is 16.3. The van der Waals surface area contributed by atoms with E-state index in [2.05, 4.69) is 0 Å². The van der Waals surface area contributed by atoms with Crippen LogP contribution in [0.1, 0.15) is 11.7 Å². The summed E-state index contributed by atoms with van der Waals surface area (Å²) < 4.78 is -1.90. The van der Waals surface area contributed by atoms with Crippen LogP contribution < -0.4 is 0 Å². The first-order chi connectivity index (χ1) is 6.30. The molecule has 6 heteroatoms. The molecule has 1 aromatic rings. The SMILES string of the molecule is Oc1cc(O)cc(C(O)C(Cl)(Cl)Cl)c1. The standard InChI is InChI=1S/C8H7Cl3O3/c9-8(10,11)7(14)4-1-5(12)3-6(13)2-4/h1-3,7,12-14H. The minimum atomic E-state index is -1.90. The van der Waals surface area contributed by atoms with Gasteiger partial charge in [-0.15, -0.1) is 0 Å². The molecular weight excluding hydrogens is 250 g/mol. The van der Waals surface area contributed by atoms with E-state index >= 15 is 0 Å². The summed E-state index contributed by atoms with van der Waals surface area (Å²) in [6.45, 7) is 0. The number of phenolic OH excluding ortho intramolecular Hbond substituents is 2. The van der Waals surface area contributed by atoms with Gasteiger partial charge in [-0.25, -0.2) is 0 Å². The maximum atomic E-state index is 9.49. The second-order valence-electron chi connectivity index (χ2n) is 2.73. The Kier molecular flexibility index (Phi) is 3.37. The van der Waals surface area contributed by atoms with E-state index in [4.69, 9.17) is 45.0 Å². The predicted molar refractivity (Wildman–Crippen MR) is 55.0 cm³/mol. The molecule has 0 bridgehead atoms. The Balaban J connectivity index is 3.07. The molecule has 0 aromatic heterocycles. The Morgan fingerprint density at radius 2 is 1.43 bits per heavy atom. The molecule has 0 amide bonds. The van der Waals surface area contributed by atoms with Crippen LogP contribution in [0.2, 0.25) is 0 Å². The average molecular weight is 257 g/mol. The van der Waals surface area contributed by atoms with Gasteiger partial charge >= 0.3 is 0 Å². The van der Waals surface area contributed by atoms with Crippen LogP contribution >= 0.6 is 34.8 Å². The lowest BCUT2D eigenvalue weighted by atomic mass is 10.1. The third kappa shape index (κ3) is 2.82. The summed E-state index contributed by atoms with van der Waals surface area (Å²) in [6.07, 6.45) is -1.41. The normalized spacial score (nSPS) is 14.0. The van der Waals surface area contributed by atoms with Crippen molar-refractivity contribution in [1.29, 1.82) is 0 Å². The maximum absolute atomic E-state index is 9.49. The zero-order valence-corrected chi connectivity index (χ0v) is 9.05. The molecule has 0 aliphatic heterocycles. The Bertz CT molecular complexity index is 315. The van der Waals surface area contributed by atoms with E-state index in [1.165, 1.54) is 12.1 Å². The second kappa shape index (κ2) is 4.03. The Labute approximate surface area is 95.5 Å². The summed E-state index contributed by atoms with van der Waals surface area (Å²) in [6, 6.07) is 3.51. The number of benzene rings is 1. The molecule has 0 fully saturated rings. The quantitative estimate of drug-likeness (QED) is 0.678. The lowest BCUT2D eigenvalue weighted by molar-refractivity contribution is 0.181. The Hall–Kier alpha value is -0.350. The van der Waals surface area contributed by atoms with Gasteiger partial charge in [0.25, 0.3) is 0 Å². The molecule has 0 heterocycles. The molecule has 1 rings (SSSR count). The maximum Gasteiger partial charge on any atom is 0.220 e. The number of alkyl halides is 3. The van der Waals surface area contributed by atoms with Crippen LogP contribution in [0.5, 0.6) is 11.5 Å². The fourth-order valence-electron chi connectivity index (χ4n) is 0.965. The highest BCUT2D eigenvalue weighted by Gasteiger charge is 2.32. The molecule has 0 aliphatic rings. The van der Waals surface area contributed by atoms with E-state index in [-0.39, 0.29) is 17.1 Å². The highest BCUT2D eigenvalue weighted by atomic mass is 35.6. The van der Waals surface area contributed by atoms with Gasteiger partial charge in [-0.1, -0.05) is 34.8 Å². The van der Waals surface area contributed by atoms with Gasteiger partial charge in [0, 0.05) is 6.07 Å². The largest absolute Gasteiger partial charge is 0.508 e. The van der Waals surface area contributed by atoms with E-state index < -0.39 is 9.90 Å². The van der Waals surface area contributed by atoms with Gasteiger partial charge in [0.1, 0.15) is 17.6 Å². The number of halogens is 3. The van der Waals surface area contributed by atoms with Crippen molar-refractivity contribution in [3.05, 3.63) is 23.8 Å². The van der Waals surface area contributed by atoms with Gasteiger partial charge in [-0.2, -0.15) is 0 Å². The number of hydrogen-bond donors (Lipinski definition) is 3. The number of aliphatic hydroxyl groups excluding tert-OH is 1. The summed E-state index contributed by atoms with van der Waals surface area (Å²) in [5.74, 6) is -0.429. The van der Waals surface area contributed by atoms with Crippen LogP contribution in [0.3, 0.4) is 0 Å². The van der Waals surface area contributed by atoms with Crippen molar-refractivity contribution < 1.29 is 15.3 Å². The number of aromatic hydroxyl groups is 2. The van der Waals surface area contributed by atoms with Gasteiger partial charge in [-0.05, 0) is 17.7 Å². The summed E-state index contributed by atoms with van der Waals surface area (Å²) in [5.41, 5.74) is 0.127. The van der Waals surface area contributed by atoms with Crippen molar-refractivity contribution in [3.8, 4) is 11.5 Å². The Morgan fingerprint density at radius 3 is 1.79 bits per heavy atom.